The van der Waals surface area contributed by atoms with Crippen LogP contribution in [-0.4, -0.2) is 9.78 Å². The fourth-order valence-corrected chi connectivity index (χ4v) is 0.604. The van der Waals surface area contributed by atoms with Gasteiger partial charge in [-0.3, -0.25) is 4.68 Å². The van der Waals surface area contributed by atoms with E-state index < -0.39 is 0 Å². The smallest absolute Gasteiger partial charge is 0.0869 e. The maximum absolute atomic E-state index is 4.05. The third kappa shape index (κ3) is 1.31. The van der Waals surface area contributed by atoms with E-state index in [1.807, 2.05) is 10.7 Å². The number of hydrogen-bond donors (Lipinski definition) is 0. The lowest BCUT2D eigenvalue weighted by molar-refractivity contribution is 0.353. The Morgan fingerprint density at radius 1 is 1.44 bits per heavy atom. The predicted molar refractivity (Wildman–Crippen MR) is 36.1 cm³/mol. The van der Waals surface area contributed by atoms with Gasteiger partial charge in [-0.1, -0.05) is 0 Å². The molecule has 1 aromatic heterocycles. The average Bonchev–Trinajstić information content (AvgIpc) is 2.08. The van der Waals surface area contributed by atoms with Gasteiger partial charge in [-0.15, -0.1) is 0 Å². The standard InChI is InChI=1S/C7H11N2/c1-7(2,3)9-6-4-5-8-9/h4-5H,1-3H3. The molecule has 0 saturated heterocycles. The molecule has 0 aliphatic carbocycles. The van der Waals surface area contributed by atoms with Gasteiger partial charge in [0, 0.05) is 6.20 Å². The van der Waals surface area contributed by atoms with Crippen molar-refractivity contribution in [3.05, 3.63) is 18.5 Å². The van der Waals surface area contributed by atoms with Crippen LogP contribution in [0.3, 0.4) is 0 Å². The first-order valence-corrected chi connectivity index (χ1v) is 3.03. The van der Waals surface area contributed by atoms with Gasteiger partial charge >= 0.3 is 0 Å². The van der Waals surface area contributed by atoms with Crippen molar-refractivity contribution in [2.24, 2.45) is 0 Å². The Bertz CT molecular complexity index is 169. The van der Waals surface area contributed by atoms with Crippen LogP contribution < -0.4 is 0 Å². The molecule has 0 aliphatic heterocycles. The maximum Gasteiger partial charge on any atom is 0.0869 e. The van der Waals surface area contributed by atoms with E-state index in [0.717, 1.165) is 0 Å². The molecule has 0 unspecified atom stereocenters. The molecule has 2 heteroatoms. The second kappa shape index (κ2) is 1.87. The molecule has 1 heterocycles. The summed E-state index contributed by atoms with van der Waals surface area (Å²) in [5, 5.41) is 4.05. The third-order valence-electron chi connectivity index (χ3n) is 1.09. The number of aromatic nitrogens is 2. The zero-order valence-electron chi connectivity index (χ0n) is 6.05. The van der Waals surface area contributed by atoms with E-state index in [2.05, 4.69) is 32.1 Å². The van der Waals surface area contributed by atoms with E-state index in [1.165, 1.54) is 0 Å². The third-order valence-corrected chi connectivity index (χ3v) is 1.09. The molecule has 0 amide bonds. The van der Waals surface area contributed by atoms with Crippen molar-refractivity contribution in [1.82, 2.24) is 9.78 Å². The van der Waals surface area contributed by atoms with E-state index in [9.17, 15) is 0 Å². The highest BCUT2D eigenvalue weighted by Crippen LogP contribution is 2.09. The van der Waals surface area contributed by atoms with Gasteiger partial charge in [0.15, 0.2) is 0 Å². The molecule has 0 aromatic carbocycles. The van der Waals surface area contributed by atoms with E-state index in [-0.39, 0.29) is 5.54 Å². The van der Waals surface area contributed by atoms with Gasteiger partial charge in [0.05, 0.1) is 11.7 Å². The van der Waals surface area contributed by atoms with Crippen LogP contribution in [0.1, 0.15) is 20.8 Å². The first kappa shape index (κ1) is 6.33. The fraction of sp³-hybridized carbons (Fsp3) is 0.571. The number of rotatable bonds is 0. The van der Waals surface area contributed by atoms with E-state index in [1.54, 1.807) is 6.20 Å². The van der Waals surface area contributed by atoms with E-state index in [0.29, 0.717) is 0 Å². The summed E-state index contributed by atoms with van der Waals surface area (Å²) in [7, 11) is 0. The van der Waals surface area contributed by atoms with Gasteiger partial charge in [-0.25, -0.2) is 0 Å². The highest BCUT2D eigenvalue weighted by atomic mass is 15.3. The zero-order chi connectivity index (χ0) is 6.91. The summed E-state index contributed by atoms with van der Waals surface area (Å²) >= 11 is 0. The molecule has 1 aromatic rings. The highest BCUT2D eigenvalue weighted by molar-refractivity contribution is 4.81. The van der Waals surface area contributed by atoms with Gasteiger partial charge in [0.2, 0.25) is 0 Å². The van der Waals surface area contributed by atoms with Crippen LogP contribution in [0.4, 0.5) is 0 Å². The number of nitrogens with zero attached hydrogens (tertiary/aromatic N) is 2. The van der Waals surface area contributed by atoms with Crippen molar-refractivity contribution in [1.29, 1.82) is 0 Å². The molecular weight excluding hydrogens is 112 g/mol. The normalized spacial score (nSPS) is 11.9. The van der Waals surface area contributed by atoms with Gasteiger partial charge in [0.1, 0.15) is 0 Å². The minimum absolute atomic E-state index is 0.0729. The lowest BCUT2D eigenvalue weighted by Gasteiger charge is -2.17. The Labute approximate surface area is 55.5 Å². The minimum Gasteiger partial charge on any atom is -0.258 e. The lowest BCUT2D eigenvalue weighted by Crippen LogP contribution is -2.22. The molecule has 0 fully saturated rings. The summed E-state index contributed by atoms with van der Waals surface area (Å²) in [6.07, 6.45) is 4.72. The molecule has 1 radical (unpaired) electrons. The summed E-state index contributed by atoms with van der Waals surface area (Å²) in [6.45, 7) is 6.28. The molecule has 9 heavy (non-hydrogen) atoms. The molecular formula is C7H11N2. The van der Waals surface area contributed by atoms with Crippen LogP contribution in [0, 0.1) is 6.20 Å². The van der Waals surface area contributed by atoms with Crippen LogP contribution in [0.25, 0.3) is 0 Å². The van der Waals surface area contributed by atoms with Crippen molar-refractivity contribution in [3.8, 4) is 0 Å². The quantitative estimate of drug-likeness (QED) is 0.510. The van der Waals surface area contributed by atoms with Gasteiger partial charge in [-0.2, -0.15) is 5.10 Å². The van der Waals surface area contributed by atoms with E-state index in [4.69, 9.17) is 0 Å². The van der Waals surface area contributed by atoms with Crippen LogP contribution in [0.2, 0.25) is 0 Å². The monoisotopic (exact) mass is 123 g/mol. The first-order chi connectivity index (χ1) is 4.11. The molecule has 0 saturated carbocycles. The van der Waals surface area contributed by atoms with Crippen molar-refractivity contribution >= 4 is 0 Å². The Balaban J connectivity index is 2.90. The van der Waals surface area contributed by atoms with Crippen molar-refractivity contribution in [2.45, 2.75) is 26.3 Å². The Kier molecular flexibility index (Phi) is 1.31. The highest BCUT2D eigenvalue weighted by Gasteiger charge is 2.11. The second-order valence-electron chi connectivity index (χ2n) is 3.04. The van der Waals surface area contributed by atoms with Crippen LogP contribution in [0.5, 0.6) is 0 Å². The zero-order valence-corrected chi connectivity index (χ0v) is 6.05. The largest absolute Gasteiger partial charge is 0.258 e. The summed E-state index contributed by atoms with van der Waals surface area (Å²) in [6, 6.07) is 1.81. The molecule has 1 rings (SSSR count). The Hall–Kier alpha value is -0.790. The summed E-state index contributed by atoms with van der Waals surface area (Å²) in [5.41, 5.74) is 0.0729. The molecule has 0 aliphatic rings. The predicted octanol–water partition coefficient (Wildman–Crippen LogP) is 1.44. The Morgan fingerprint density at radius 3 is 2.33 bits per heavy atom. The molecule has 0 atom stereocenters. The summed E-state index contributed by atoms with van der Waals surface area (Å²) in [5.74, 6) is 0. The topological polar surface area (TPSA) is 17.8 Å². The van der Waals surface area contributed by atoms with Gasteiger partial charge in [-0.05, 0) is 26.8 Å². The first-order valence-electron chi connectivity index (χ1n) is 3.03. The summed E-state index contributed by atoms with van der Waals surface area (Å²) in [4.78, 5) is 0. The molecule has 49 valence electrons. The summed E-state index contributed by atoms with van der Waals surface area (Å²) < 4.78 is 1.81. The van der Waals surface area contributed by atoms with Crippen molar-refractivity contribution in [3.63, 3.8) is 0 Å². The van der Waals surface area contributed by atoms with Crippen LogP contribution in [0.15, 0.2) is 12.3 Å². The van der Waals surface area contributed by atoms with Crippen LogP contribution >= 0.6 is 0 Å². The second-order valence-corrected chi connectivity index (χ2v) is 3.04. The van der Waals surface area contributed by atoms with Gasteiger partial charge < -0.3 is 0 Å². The molecule has 0 N–H and O–H groups in total. The van der Waals surface area contributed by atoms with Crippen molar-refractivity contribution in [2.75, 3.05) is 0 Å². The Morgan fingerprint density at radius 2 is 2.11 bits per heavy atom. The van der Waals surface area contributed by atoms with Gasteiger partial charge in [0.25, 0.3) is 0 Å². The van der Waals surface area contributed by atoms with Crippen LogP contribution in [-0.2, 0) is 5.54 Å². The molecule has 0 bridgehead atoms. The minimum atomic E-state index is 0.0729. The average molecular weight is 123 g/mol. The van der Waals surface area contributed by atoms with Crippen molar-refractivity contribution < 1.29 is 0 Å². The maximum atomic E-state index is 4.05. The lowest BCUT2D eigenvalue weighted by atomic mass is 10.1. The SMILES string of the molecule is CC(C)(C)n1[c]ccn1. The molecule has 0 spiro atoms. The fourth-order valence-electron chi connectivity index (χ4n) is 0.604. The van der Waals surface area contributed by atoms with E-state index >= 15 is 0 Å². The number of hydrogen-bond acceptors (Lipinski definition) is 1. The molecule has 2 nitrogen and oxygen atoms in total.